The Morgan fingerprint density at radius 2 is 1.91 bits per heavy atom. The average molecular weight is 356 g/mol. The van der Waals surface area contributed by atoms with Crippen molar-refractivity contribution >= 4 is 33.3 Å². The number of hydrogen-bond acceptors (Lipinski definition) is 4. The van der Waals surface area contributed by atoms with Crippen LogP contribution in [0.1, 0.15) is 12.0 Å². The third-order valence-electron chi connectivity index (χ3n) is 3.34. The third kappa shape index (κ3) is 3.30. The number of fused-ring (bicyclic) bond motifs is 1. The van der Waals surface area contributed by atoms with Gasteiger partial charge < -0.3 is 9.50 Å². The maximum atomic E-state index is 13.0. The highest BCUT2D eigenvalue weighted by Crippen LogP contribution is 2.30. The number of nitrogens with one attached hydrogen (secondary N) is 1. The third-order valence-corrected chi connectivity index (χ3v) is 5.07. The summed E-state index contributed by atoms with van der Waals surface area (Å²) < 4.78 is 42.6. The van der Waals surface area contributed by atoms with E-state index in [1.807, 2.05) is 0 Å². The second-order valence-electron chi connectivity index (χ2n) is 4.98. The van der Waals surface area contributed by atoms with Crippen LogP contribution in [0.4, 0.5) is 10.1 Å². The Morgan fingerprint density at radius 3 is 2.65 bits per heavy atom. The van der Waals surface area contributed by atoms with E-state index in [-0.39, 0.29) is 21.6 Å². The average Bonchev–Trinajstić information content (AvgIpc) is 2.46. The van der Waals surface area contributed by atoms with E-state index < -0.39 is 15.9 Å². The molecule has 2 aromatic rings. The van der Waals surface area contributed by atoms with Gasteiger partial charge in [-0.2, -0.15) is 8.42 Å². The Kier molecular flexibility index (Phi) is 3.99. The van der Waals surface area contributed by atoms with Crippen molar-refractivity contribution in [2.45, 2.75) is 17.7 Å². The summed E-state index contributed by atoms with van der Waals surface area (Å²) in [6.07, 6.45) is 0.822. The fourth-order valence-corrected chi connectivity index (χ4v) is 3.69. The van der Waals surface area contributed by atoms with Crippen molar-refractivity contribution < 1.29 is 21.8 Å². The lowest BCUT2D eigenvalue weighted by atomic mass is 10.0. The van der Waals surface area contributed by atoms with E-state index in [4.69, 9.17) is 15.8 Å². The second kappa shape index (κ2) is 5.82. The van der Waals surface area contributed by atoms with Gasteiger partial charge in [0.05, 0.1) is 5.02 Å². The molecule has 1 aliphatic rings. The molecule has 5 nitrogen and oxygen atoms in total. The number of rotatable bonds is 3. The van der Waals surface area contributed by atoms with Gasteiger partial charge in [0, 0.05) is 12.1 Å². The van der Waals surface area contributed by atoms with Crippen LogP contribution in [0.3, 0.4) is 0 Å². The van der Waals surface area contributed by atoms with E-state index in [9.17, 15) is 17.6 Å². The standard InChI is InChI=1S/C15H11ClFNO4S/c16-12-8-10(17)2-5-14(12)23(20,21)22-11-3-4-13-9(7-11)1-6-15(19)18-13/h2-5,7-8H,1,6H2,(H,18,19). The van der Waals surface area contributed by atoms with Crippen LogP contribution < -0.4 is 9.50 Å². The number of aryl methyl sites for hydroxylation is 1. The maximum Gasteiger partial charge on any atom is 0.340 e. The molecule has 0 saturated carbocycles. The quantitative estimate of drug-likeness (QED) is 0.858. The zero-order valence-electron chi connectivity index (χ0n) is 11.7. The Bertz CT molecular complexity index is 898. The first-order valence-electron chi connectivity index (χ1n) is 6.67. The smallest absolute Gasteiger partial charge is 0.340 e. The second-order valence-corrected chi connectivity index (χ2v) is 6.90. The van der Waals surface area contributed by atoms with Crippen molar-refractivity contribution in [1.82, 2.24) is 0 Å². The number of hydrogen-bond donors (Lipinski definition) is 1. The molecule has 0 aliphatic carbocycles. The van der Waals surface area contributed by atoms with Crippen LogP contribution >= 0.6 is 11.6 Å². The fraction of sp³-hybridized carbons (Fsp3) is 0.133. The minimum absolute atomic E-state index is 0.0862. The lowest BCUT2D eigenvalue weighted by Gasteiger charge is -2.17. The van der Waals surface area contributed by atoms with E-state index in [0.29, 0.717) is 18.5 Å². The first-order valence-corrected chi connectivity index (χ1v) is 8.46. The lowest BCUT2D eigenvalue weighted by molar-refractivity contribution is -0.116. The summed E-state index contributed by atoms with van der Waals surface area (Å²) in [7, 11) is -4.18. The number of benzene rings is 2. The molecule has 1 amide bonds. The molecule has 2 aromatic carbocycles. The number of anilines is 1. The van der Waals surface area contributed by atoms with E-state index in [1.165, 1.54) is 6.07 Å². The molecule has 23 heavy (non-hydrogen) atoms. The van der Waals surface area contributed by atoms with Gasteiger partial charge in [-0.05, 0) is 48.4 Å². The van der Waals surface area contributed by atoms with Crippen molar-refractivity contribution in [3.8, 4) is 5.75 Å². The summed E-state index contributed by atoms with van der Waals surface area (Å²) in [5, 5.41) is 2.44. The zero-order valence-corrected chi connectivity index (χ0v) is 13.2. The molecule has 0 spiro atoms. The van der Waals surface area contributed by atoms with Crippen molar-refractivity contribution in [1.29, 1.82) is 0 Å². The zero-order chi connectivity index (χ0) is 16.6. The highest BCUT2D eigenvalue weighted by molar-refractivity contribution is 7.87. The minimum Gasteiger partial charge on any atom is -0.379 e. The van der Waals surface area contributed by atoms with Crippen molar-refractivity contribution in [3.05, 3.63) is 52.8 Å². The largest absolute Gasteiger partial charge is 0.379 e. The van der Waals surface area contributed by atoms with E-state index >= 15 is 0 Å². The summed E-state index contributed by atoms with van der Waals surface area (Å²) in [4.78, 5) is 11.0. The predicted molar refractivity (Wildman–Crippen MR) is 82.6 cm³/mol. The van der Waals surface area contributed by atoms with Crippen LogP contribution in [-0.2, 0) is 21.3 Å². The summed E-state index contributed by atoms with van der Waals surface area (Å²) in [5.74, 6) is -0.629. The Morgan fingerprint density at radius 1 is 1.13 bits per heavy atom. The topological polar surface area (TPSA) is 72.5 Å². The lowest BCUT2D eigenvalue weighted by Crippen LogP contribution is -2.19. The van der Waals surface area contributed by atoms with Gasteiger partial charge in [-0.25, -0.2) is 4.39 Å². The van der Waals surface area contributed by atoms with Crippen LogP contribution in [0.25, 0.3) is 0 Å². The maximum absolute atomic E-state index is 13.0. The Labute approximate surface area is 137 Å². The van der Waals surface area contributed by atoms with E-state index in [0.717, 1.165) is 23.8 Å². The molecule has 0 saturated heterocycles. The highest BCUT2D eigenvalue weighted by Gasteiger charge is 2.22. The van der Waals surface area contributed by atoms with Crippen LogP contribution in [0, 0.1) is 5.82 Å². The number of amides is 1. The molecule has 1 aliphatic heterocycles. The summed E-state index contributed by atoms with van der Waals surface area (Å²) >= 11 is 5.77. The van der Waals surface area contributed by atoms with Gasteiger partial charge in [-0.1, -0.05) is 11.6 Å². The highest BCUT2D eigenvalue weighted by atomic mass is 35.5. The molecule has 8 heteroatoms. The van der Waals surface area contributed by atoms with Gasteiger partial charge in [0.25, 0.3) is 0 Å². The fourth-order valence-electron chi connectivity index (χ4n) is 2.26. The number of carbonyl (C=O) groups is 1. The van der Waals surface area contributed by atoms with Crippen LogP contribution in [-0.4, -0.2) is 14.3 Å². The molecule has 0 fully saturated rings. The van der Waals surface area contributed by atoms with Gasteiger partial charge >= 0.3 is 10.1 Å². The van der Waals surface area contributed by atoms with E-state index in [1.54, 1.807) is 12.1 Å². The molecule has 0 aromatic heterocycles. The van der Waals surface area contributed by atoms with Gasteiger partial charge in [-0.15, -0.1) is 0 Å². The minimum atomic E-state index is -4.18. The molecule has 120 valence electrons. The molecular formula is C15H11ClFNO4S. The molecule has 0 bridgehead atoms. The molecule has 0 radical (unpaired) electrons. The molecule has 3 rings (SSSR count). The molecule has 1 N–H and O–H groups in total. The Hall–Kier alpha value is -2.12. The SMILES string of the molecule is O=C1CCc2cc(OS(=O)(=O)c3ccc(F)cc3Cl)ccc2N1. The van der Waals surface area contributed by atoms with Gasteiger partial charge in [0.2, 0.25) is 5.91 Å². The monoisotopic (exact) mass is 355 g/mol. The summed E-state index contributed by atoms with van der Waals surface area (Å²) in [6.45, 7) is 0. The van der Waals surface area contributed by atoms with Crippen molar-refractivity contribution in [3.63, 3.8) is 0 Å². The summed E-state index contributed by atoms with van der Waals surface area (Å²) in [6, 6.07) is 7.49. The Balaban J connectivity index is 1.90. The first-order chi connectivity index (χ1) is 10.8. The number of halogens is 2. The normalized spacial score (nSPS) is 14.1. The van der Waals surface area contributed by atoms with Crippen molar-refractivity contribution in [2.24, 2.45) is 0 Å². The van der Waals surface area contributed by atoms with Crippen LogP contribution in [0.2, 0.25) is 5.02 Å². The van der Waals surface area contributed by atoms with Gasteiger partial charge in [-0.3, -0.25) is 4.79 Å². The molecular weight excluding hydrogens is 345 g/mol. The van der Waals surface area contributed by atoms with Crippen LogP contribution in [0.15, 0.2) is 41.3 Å². The van der Waals surface area contributed by atoms with Gasteiger partial charge in [0.1, 0.15) is 16.5 Å². The first kappa shape index (κ1) is 15.8. The van der Waals surface area contributed by atoms with Crippen molar-refractivity contribution in [2.75, 3.05) is 5.32 Å². The number of carbonyl (C=O) groups excluding carboxylic acids is 1. The van der Waals surface area contributed by atoms with Gasteiger partial charge in [0.15, 0.2) is 0 Å². The van der Waals surface area contributed by atoms with Crippen LogP contribution in [0.5, 0.6) is 5.75 Å². The molecule has 1 heterocycles. The van der Waals surface area contributed by atoms with E-state index in [2.05, 4.69) is 5.32 Å². The predicted octanol–water partition coefficient (Wildman–Crippen LogP) is 3.13. The molecule has 0 unspecified atom stereocenters. The summed E-state index contributed by atoms with van der Waals surface area (Å²) in [5.41, 5.74) is 1.41. The molecule has 0 atom stereocenters.